The summed E-state index contributed by atoms with van der Waals surface area (Å²) < 4.78 is 13.4. The molecule has 1 aromatic carbocycles. The van der Waals surface area contributed by atoms with E-state index < -0.39 is 18.0 Å². The first kappa shape index (κ1) is 14.1. The first-order chi connectivity index (χ1) is 9.58. The Labute approximate surface area is 116 Å². The number of amides is 1. The summed E-state index contributed by atoms with van der Waals surface area (Å²) in [5.41, 5.74) is 1.59. The van der Waals surface area contributed by atoms with Crippen LogP contribution in [0.2, 0.25) is 0 Å². The maximum Gasteiger partial charge on any atom is 0.253 e. The molecule has 0 spiro atoms. The molecule has 1 atom stereocenters. The predicted octanol–water partition coefficient (Wildman–Crippen LogP) is 1.88. The maximum atomic E-state index is 13.4. The van der Waals surface area contributed by atoms with Crippen LogP contribution in [0.15, 0.2) is 42.6 Å². The summed E-state index contributed by atoms with van der Waals surface area (Å²) in [6.45, 7) is 1.78. The van der Waals surface area contributed by atoms with Crippen LogP contribution in [0.3, 0.4) is 0 Å². The lowest BCUT2D eigenvalue weighted by molar-refractivity contribution is -0.129. The molecule has 1 heterocycles. The Hall–Kier alpha value is -2.27. The number of carbonyl (C=O) groups is 1. The number of carbonyl (C=O) groups excluding carboxylic acids is 1. The van der Waals surface area contributed by atoms with Gasteiger partial charge in [-0.15, -0.1) is 0 Å². The standard InChI is InChI=1S/C15H15FN2O2/c1-10-7-12(14(16)17-8-10)9-18-15(20)13(19)11-5-3-2-4-6-11/h2-8,13,19H,9H2,1H3,(H,18,20). The molecule has 0 saturated carbocycles. The van der Waals surface area contributed by atoms with E-state index in [-0.39, 0.29) is 6.54 Å². The highest BCUT2D eigenvalue weighted by Crippen LogP contribution is 2.13. The molecule has 0 saturated heterocycles. The van der Waals surface area contributed by atoms with Crippen LogP contribution in [0.5, 0.6) is 0 Å². The molecule has 4 nitrogen and oxygen atoms in total. The van der Waals surface area contributed by atoms with Gasteiger partial charge in [-0.2, -0.15) is 4.39 Å². The number of halogens is 1. The van der Waals surface area contributed by atoms with E-state index in [1.807, 2.05) is 0 Å². The van der Waals surface area contributed by atoms with Gasteiger partial charge in [-0.3, -0.25) is 4.79 Å². The zero-order chi connectivity index (χ0) is 14.5. The number of aromatic nitrogens is 1. The smallest absolute Gasteiger partial charge is 0.253 e. The number of aryl methyl sites for hydroxylation is 1. The van der Waals surface area contributed by atoms with Crippen LogP contribution in [-0.2, 0) is 11.3 Å². The molecule has 0 aliphatic heterocycles. The largest absolute Gasteiger partial charge is 0.378 e. The average molecular weight is 274 g/mol. The van der Waals surface area contributed by atoms with Crippen molar-refractivity contribution in [2.24, 2.45) is 0 Å². The Kier molecular flexibility index (Phi) is 4.42. The Morgan fingerprint density at radius 3 is 2.80 bits per heavy atom. The molecular formula is C15H15FN2O2. The van der Waals surface area contributed by atoms with Gasteiger partial charge in [-0.25, -0.2) is 4.98 Å². The fourth-order valence-corrected chi connectivity index (χ4v) is 1.80. The summed E-state index contributed by atoms with van der Waals surface area (Å²) in [6.07, 6.45) is 0.150. The molecule has 2 rings (SSSR count). The fourth-order valence-electron chi connectivity index (χ4n) is 1.80. The molecular weight excluding hydrogens is 259 g/mol. The number of rotatable bonds is 4. The van der Waals surface area contributed by atoms with Crippen molar-refractivity contribution < 1.29 is 14.3 Å². The molecule has 1 amide bonds. The van der Waals surface area contributed by atoms with E-state index in [0.29, 0.717) is 11.1 Å². The minimum Gasteiger partial charge on any atom is -0.378 e. The fraction of sp³-hybridized carbons (Fsp3) is 0.200. The van der Waals surface area contributed by atoms with E-state index >= 15 is 0 Å². The van der Waals surface area contributed by atoms with Crippen molar-refractivity contribution in [1.82, 2.24) is 10.3 Å². The van der Waals surface area contributed by atoms with Gasteiger partial charge in [0.05, 0.1) is 0 Å². The van der Waals surface area contributed by atoms with Crippen LogP contribution in [0.25, 0.3) is 0 Å². The minimum absolute atomic E-state index is 0.0107. The second kappa shape index (κ2) is 6.25. The normalized spacial score (nSPS) is 11.9. The zero-order valence-electron chi connectivity index (χ0n) is 11.0. The van der Waals surface area contributed by atoms with Gasteiger partial charge in [0.2, 0.25) is 5.95 Å². The first-order valence-electron chi connectivity index (χ1n) is 6.19. The Morgan fingerprint density at radius 2 is 2.10 bits per heavy atom. The lowest BCUT2D eigenvalue weighted by Gasteiger charge is -2.12. The molecule has 104 valence electrons. The molecule has 2 aromatic rings. The number of nitrogens with zero attached hydrogens (tertiary/aromatic N) is 1. The number of hydrogen-bond donors (Lipinski definition) is 2. The molecule has 2 N–H and O–H groups in total. The zero-order valence-corrected chi connectivity index (χ0v) is 11.0. The number of hydrogen-bond acceptors (Lipinski definition) is 3. The third-order valence-corrected chi connectivity index (χ3v) is 2.87. The van der Waals surface area contributed by atoms with Crippen LogP contribution >= 0.6 is 0 Å². The SMILES string of the molecule is Cc1cnc(F)c(CNC(=O)C(O)c2ccccc2)c1. The van der Waals surface area contributed by atoms with Crippen molar-refractivity contribution >= 4 is 5.91 Å². The van der Waals surface area contributed by atoms with Gasteiger partial charge >= 0.3 is 0 Å². The van der Waals surface area contributed by atoms with Crippen LogP contribution in [0, 0.1) is 12.9 Å². The Bertz CT molecular complexity index is 602. The van der Waals surface area contributed by atoms with Crippen LogP contribution in [0.4, 0.5) is 4.39 Å². The van der Waals surface area contributed by atoms with E-state index in [1.54, 1.807) is 43.3 Å². The van der Waals surface area contributed by atoms with Gasteiger partial charge in [-0.05, 0) is 24.1 Å². The van der Waals surface area contributed by atoms with Gasteiger partial charge in [0, 0.05) is 18.3 Å². The quantitative estimate of drug-likeness (QED) is 0.837. The molecule has 5 heteroatoms. The maximum absolute atomic E-state index is 13.4. The first-order valence-corrected chi connectivity index (χ1v) is 6.19. The summed E-state index contributed by atoms with van der Waals surface area (Å²) in [5.74, 6) is -1.19. The van der Waals surface area contributed by atoms with Crippen LogP contribution in [-0.4, -0.2) is 16.0 Å². The summed E-state index contributed by atoms with van der Waals surface area (Å²) in [7, 11) is 0. The van der Waals surface area contributed by atoms with E-state index in [4.69, 9.17) is 0 Å². The third-order valence-electron chi connectivity index (χ3n) is 2.87. The van der Waals surface area contributed by atoms with E-state index in [1.165, 1.54) is 6.20 Å². The number of benzene rings is 1. The molecule has 0 aliphatic rings. The van der Waals surface area contributed by atoms with E-state index in [2.05, 4.69) is 10.3 Å². The highest BCUT2D eigenvalue weighted by molar-refractivity contribution is 5.81. The van der Waals surface area contributed by atoms with E-state index in [9.17, 15) is 14.3 Å². The highest BCUT2D eigenvalue weighted by Gasteiger charge is 2.17. The molecule has 1 aromatic heterocycles. The molecule has 0 aliphatic carbocycles. The Morgan fingerprint density at radius 1 is 1.40 bits per heavy atom. The monoisotopic (exact) mass is 274 g/mol. The summed E-state index contributed by atoms with van der Waals surface area (Å²) in [5, 5.41) is 12.4. The lowest BCUT2D eigenvalue weighted by Crippen LogP contribution is -2.29. The number of aliphatic hydroxyl groups excluding tert-OH is 1. The van der Waals surface area contributed by atoms with E-state index in [0.717, 1.165) is 5.56 Å². The van der Waals surface area contributed by atoms with Gasteiger partial charge in [0.1, 0.15) is 0 Å². The molecule has 0 radical (unpaired) electrons. The number of nitrogens with one attached hydrogen (secondary N) is 1. The topological polar surface area (TPSA) is 62.2 Å². The van der Waals surface area contributed by atoms with Gasteiger partial charge in [0.15, 0.2) is 6.10 Å². The second-order valence-corrected chi connectivity index (χ2v) is 4.49. The summed E-state index contributed by atoms with van der Waals surface area (Å²) in [6, 6.07) is 10.2. The van der Waals surface area contributed by atoms with Crippen molar-refractivity contribution in [1.29, 1.82) is 0 Å². The summed E-state index contributed by atoms with van der Waals surface area (Å²) >= 11 is 0. The van der Waals surface area contributed by atoms with Gasteiger partial charge in [-0.1, -0.05) is 30.3 Å². The van der Waals surface area contributed by atoms with Gasteiger partial charge < -0.3 is 10.4 Å². The van der Waals surface area contributed by atoms with Gasteiger partial charge in [0.25, 0.3) is 5.91 Å². The molecule has 20 heavy (non-hydrogen) atoms. The van der Waals surface area contributed by atoms with Crippen molar-refractivity contribution in [3.8, 4) is 0 Å². The van der Waals surface area contributed by atoms with Crippen molar-refractivity contribution in [3.63, 3.8) is 0 Å². The average Bonchev–Trinajstić information content (AvgIpc) is 2.48. The Balaban J connectivity index is 2.00. The predicted molar refractivity (Wildman–Crippen MR) is 72.2 cm³/mol. The molecule has 0 bridgehead atoms. The minimum atomic E-state index is -1.27. The third kappa shape index (κ3) is 3.39. The van der Waals surface area contributed by atoms with Crippen molar-refractivity contribution in [3.05, 3.63) is 65.2 Å². The van der Waals surface area contributed by atoms with Crippen LogP contribution in [0.1, 0.15) is 22.8 Å². The molecule has 1 unspecified atom stereocenters. The molecule has 0 fully saturated rings. The lowest BCUT2D eigenvalue weighted by atomic mass is 10.1. The van der Waals surface area contributed by atoms with Crippen LogP contribution < -0.4 is 5.32 Å². The number of aliphatic hydroxyl groups is 1. The number of pyridine rings is 1. The highest BCUT2D eigenvalue weighted by atomic mass is 19.1. The van der Waals surface area contributed by atoms with Crippen molar-refractivity contribution in [2.75, 3.05) is 0 Å². The summed E-state index contributed by atoms with van der Waals surface area (Å²) in [4.78, 5) is 15.4. The van der Waals surface area contributed by atoms with Crippen molar-refractivity contribution in [2.45, 2.75) is 19.6 Å². The second-order valence-electron chi connectivity index (χ2n) is 4.49.